The molecule has 1 saturated heterocycles. The Balaban J connectivity index is 2.34. The van der Waals surface area contributed by atoms with Gasteiger partial charge in [0.15, 0.2) is 6.29 Å². The van der Waals surface area contributed by atoms with Gasteiger partial charge in [0.25, 0.3) is 0 Å². The van der Waals surface area contributed by atoms with Crippen molar-refractivity contribution in [1.29, 1.82) is 0 Å². The summed E-state index contributed by atoms with van der Waals surface area (Å²) < 4.78 is 11.6. The number of hydrogen-bond donors (Lipinski definition) is 1. The summed E-state index contributed by atoms with van der Waals surface area (Å²) in [6.07, 6.45) is -1.92. The molecule has 0 aliphatic carbocycles. The van der Waals surface area contributed by atoms with Crippen LogP contribution < -0.4 is 5.32 Å². The van der Waals surface area contributed by atoms with Crippen molar-refractivity contribution in [2.75, 3.05) is 6.54 Å². The van der Waals surface area contributed by atoms with Crippen LogP contribution in [0.3, 0.4) is 0 Å². The Bertz CT molecular complexity index is 815. The van der Waals surface area contributed by atoms with Crippen molar-refractivity contribution in [1.82, 2.24) is 5.32 Å². The second-order valence-electron chi connectivity index (χ2n) is 5.87. The van der Waals surface area contributed by atoms with Crippen LogP contribution in [0.4, 0.5) is 0 Å². The Labute approximate surface area is 159 Å². The van der Waals surface area contributed by atoms with Gasteiger partial charge in [0.1, 0.15) is 0 Å². The Morgan fingerprint density at radius 3 is 2.43 bits per heavy atom. The average molecular weight is 386 g/mol. The molecule has 5 atom stereocenters. The van der Waals surface area contributed by atoms with E-state index in [1.165, 1.54) is 6.92 Å². The van der Waals surface area contributed by atoms with Crippen molar-refractivity contribution in [3.63, 3.8) is 0 Å². The van der Waals surface area contributed by atoms with Crippen LogP contribution in [0.15, 0.2) is 45.7 Å². The Hall–Kier alpha value is -3.46. The number of amides is 1. The first-order chi connectivity index (χ1) is 13.6. The van der Waals surface area contributed by atoms with E-state index in [2.05, 4.69) is 35.4 Å². The van der Waals surface area contributed by atoms with E-state index in [1.807, 2.05) is 30.3 Å². The summed E-state index contributed by atoms with van der Waals surface area (Å²) in [6, 6.07) is 6.34. The van der Waals surface area contributed by atoms with Gasteiger partial charge in [0.05, 0.1) is 37.4 Å². The van der Waals surface area contributed by atoms with E-state index >= 15 is 0 Å². The lowest BCUT2D eigenvalue weighted by Crippen LogP contribution is -2.63. The highest BCUT2D eigenvalue weighted by molar-refractivity contribution is 5.73. The number of benzene rings is 1. The van der Waals surface area contributed by atoms with E-state index < -0.39 is 36.4 Å². The molecule has 2 rings (SSSR count). The SMILES string of the molecule is CC(=O)N[C@H]1[C@@H](OCc2ccccc2)O[C@@H](CN=[N+]=[N-])[C@@H](N=[N+]=[N-])[C@@H]1N=[N+]=[N-]. The first kappa shape index (κ1) is 20.8. The molecule has 1 N–H and O–H groups in total. The third kappa shape index (κ3) is 5.52. The molecule has 1 aromatic rings. The summed E-state index contributed by atoms with van der Waals surface area (Å²) in [7, 11) is 0. The molecule has 1 aliphatic rings. The maximum atomic E-state index is 11.7. The number of carbonyl (C=O) groups excluding carboxylic acids is 1. The first-order valence-corrected chi connectivity index (χ1v) is 8.28. The highest BCUT2D eigenvalue weighted by Crippen LogP contribution is 2.28. The molecular formula is C15H18N10O3. The summed E-state index contributed by atoms with van der Waals surface area (Å²) in [5.74, 6) is -0.409. The molecule has 1 heterocycles. The second kappa shape index (κ2) is 10.6. The van der Waals surface area contributed by atoms with Crippen LogP contribution in [0.2, 0.25) is 0 Å². The first-order valence-electron chi connectivity index (χ1n) is 8.28. The van der Waals surface area contributed by atoms with E-state index in [1.54, 1.807) is 0 Å². The molecule has 0 unspecified atom stereocenters. The van der Waals surface area contributed by atoms with Crippen molar-refractivity contribution >= 4 is 5.91 Å². The summed E-state index contributed by atoms with van der Waals surface area (Å²) >= 11 is 0. The fourth-order valence-corrected chi connectivity index (χ4v) is 2.88. The molecule has 1 aliphatic heterocycles. The lowest BCUT2D eigenvalue weighted by molar-refractivity contribution is -0.219. The number of nitrogens with zero attached hydrogens (tertiary/aromatic N) is 9. The number of nitrogens with one attached hydrogen (secondary N) is 1. The van der Waals surface area contributed by atoms with E-state index in [0.717, 1.165) is 5.56 Å². The minimum absolute atomic E-state index is 0.158. The number of ether oxygens (including phenoxy) is 2. The van der Waals surface area contributed by atoms with E-state index in [9.17, 15) is 4.79 Å². The molecule has 1 aromatic carbocycles. The summed E-state index contributed by atoms with van der Waals surface area (Å²) in [4.78, 5) is 19.9. The molecule has 1 amide bonds. The highest BCUT2D eigenvalue weighted by Gasteiger charge is 2.46. The van der Waals surface area contributed by atoms with Gasteiger partial charge in [-0.1, -0.05) is 45.7 Å². The zero-order valence-corrected chi connectivity index (χ0v) is 14.9. The van der Waals surface area contributed by atoms with E-state index in [-0.39, 0.29) is 13.2 Å². The van der Waals surface area contributed by atoms with Gasteiger partial charge in [-0.3, -0.25) is 4.79 Å². The van der Waals surface area contributed by atoms with Crippen LogP contribution in [0, 0.1) is 0 Å². The van der Waals surface area contributed by atoms with Gasteiger partial charge >= 0.3 is 0 Å². The second-order valence-corrected chi connectivity index (χ2v) is 5.87. The van der Waals surface area contributed by atoms with Crippen LogP contribution >= 0.6 is 0 Å². The van der Waals surface area contributed by atoms with Gasteiger partial charge in [-0.2, -0.15) is 0 Å². The maximum Gasteiger partial charge on any atom is 0.217 e. The summed E-state index contributed by atoms with van der Waals surface area (Å²) in [6.45, 7) is 1.27. The molecule has 146 valence electrons. The van der Waals surface area contributed by atoms with Gasteiger partial charge in [-0.05, 0) is 22.2 Å². The summed E-state index contributed by atoms with van der Waals surface area (Å²) in [5, 5.41) is 13.4. The molecule has 28 heavy (non-hydrogen) atoms. The fourth-order valence-electron chi connectivity index (χ4n) is 2.88. The molecule has 0 radical (unpaired) electrons. The van der Waals surface area contributed by atoms with Crippen LogP contribution in [0.1, 0.15) is 12.5 Å². The van der Waals surface area contributed by atoms with Gasteiger partial charge < -0.3 is 14.8 Å². The van der Waals surface area contributed by atoms with Gasteiger partial charge in [0, 0.05) is 21.7 Å². The Morgan fingerprint density at radius 1 is 1.14 bits per heavy atom. The molecular weight excluding hydrogens is 368 g/mol. The average Bonchev–Trinajstić information content (AvgIpc) is 2.69. The molecule has 0 saturated carbocycles. The number of azide groups is 3. The van der Waals surface area contributed by atoms with Crippen molar-refractivity contribution in [2.45, 2.75) is 44.1 Å². The van der Waals surface area contributed by atoms with Crippen LogP contribution in [0.5, 0.6) is 0 Å². The molecule has 1 fully saturated rings. The predicted molar refractivity (Wildman–Crippen MR) is 97.4 cm³/mol. The Kier molecular flexibility index (Phi) is 7.92. The minimum Gasteiger partial charge on any atom is -0.348 e. The van der Waals surface area contributed by atoms with Crippen molar-refractivity contribution < 1.29 is 14.3 Å². The minimum atomic E-state index is -1.02. The van der Waals surface area contributed by atoms with E-state index in [0.29, 0.717) is 0 Å². The lowest BCUT2D eigenvalue weighted by atomic mass is 9.92. The maximum absolute atomic E-state index is 11.7. The Morgan fingerprint density at radius 2 is 1.82 bits per heavy atom. The summed E-state index contributed by atoms with van der Waals surface area (Å²) in [5.41, 5.74) is 27.3. The van der Waals surface area contributed by atoms with Gasteiger partial charge in [0.2, 0.25) is 5.91 Å². The molecule has 13 heteroatoms. The zero-order chi connectivity index (χ0) is 20.4. The van der Waals surface area contributed by atoms with Crippen molar-refractivity contribution in [3.05, 3.63) is 67.2 Å². The van der Waals surface area contributed by atoms with Crippen LogP contribution in [-0.4, -0.2) is 43.0 Å². The normalized spacial score (nSPS) is 26.1. The molecule has 0 aromatic heterocycles. The fraction of sp³-hybridized carbons (Fsp3) is 0.533. The number of hydrogen-bond acceptors (Lipinski definition) is 6. The highest BCUT2D eigenvalue weighted by atomic mass is 16.7. The topological polar surface area (TPSA) is 194 Å². The molecule has 0 spiro atoms. The monoisotopic (exact) mass is 386 g/mol. The molecule has 0 bridgehead atoms. The third-order valence-corrected chi connectivity index (χ3v) is 4.02. The predicted octanol–water partition coefficient (Wildman–Crippen LogP) is 3.10. The van der Waals surface area contributed by atoms with E-state index in [4.69, 9.17) is 26.1 Å². The lowest BCUT2D eigenvalue weighted by Gasteiger charge is -2.43. The number of carbonyl (C=O) groups is 1. The van der Waals surface area contributed by atoms with Crippen LogP contribution in [0.25, 0.3) is 31.3 Å². The van der Waals surface area contributed by atoms with Crippen molar-refractivity contribution in [3.8, 4) is 0 Å². The molecule has 13 nitrogen and oxygen atoms in total. The standard InChI is InChI=1S/C15H18N10O3/c1-9(26)20-14-13(22-25-18)12(21-24-17)11(7-19-23-16)28-15(14)27-8-10-5-3-2-4-6-10/h2-6,11-15H,7-8H2,1H3,(H,20,26)/t11-,12+,13-,14+,15-/m0/s1. The van der Waals surface area contributed by atoms with Crippen molar-refractivity contribution in [2.24, 2.45) is 15.3 Å². The zero-order valence-electron chi connectivity index (χ0n) is 14.9. The van der Waals surface area contributed by atoms with Gasteiger partial charge in [-0.15, -0.1) is 0 Å². The van der Waals surface area contributed by atoms with Crippen LogP contribution in [-0.2, 0) is 20.9 Å². The third-order valence-electron chi connectivity index (χ3n) is 4.02. The smallest absolute Gasteiger partial charge is 0.217 e. The van der Waals surface area contributed by atoms with Gasteiger partial charge in [-0.25, -0.2) is 0 Å². The number of rotatable bonds is 8. The quantitative estimate of drug-likeness (QED) is 0.408. The largest absolute Gasteiger partial charge is 0.348 e.